The maximum atomic E-state index is 13.5. The van der Waals surface area contributed by atoms with Gasteiger partial charge in [-0.15, -0.1) is 0 Å². The van der Waals surface area contributed by atoms with Gasteiger partial charge < -0.3 is 20.7 Å². The molecular formula is C25H29ClN3O4+. The van der Waals surface area contributed by atoms with Crippen LogP contribution < -0.4 is 16.0 Å². The van der Waals surface area contributed by atoms with Gasteiger partial charge in [0.15, 0.2) is 0 Å². The minimum Gasteiger partial charge on any atom is -0.462 e. The lowest BCUT2D eigenvalue weighted by atomic mass is 9.79. The van der Waals surface area contributed by atoms with Gasteiger partial charge >= 0.3 is 5.97 Å². The number of anilines is 2. The number of hydrogen-bond acceptors (Lipinski definition) is 4. The summed E-state index contributed by atoms with van der Waals surface area (Å²) >= 11 is 6.28. The highest BCUT2D eigenvalue weighted by Gasteiger charge is 2.64. The number of halogens is 1. The van der Waals surface area contributed by atoms with Gasteiger partial charge in [0.25, 0.3) is 5.91 Å². The molecule has 2 heterocycles. The first kappa shape index (κ1) is 23.3. The summed E-state index contributed by atoms with van der Waals surface area (Å²) in [7, 11) is 0. The molecule has 0 bridgehead atoms. The Kier molecular flexibility index (Phi) is 6.45. The van der Waals surface area contributed by atoms with Crippen LogP contribution in [0.15, 0.2) is 42.5 Å². The normalized spacial score (nSPS) is 23.5. The molecule has 4 rings (SSSR count). The maximum absolute atomic E-state index is 13.5. The van der Waals surface area contributed by atoms with Crippen LogP contribution in [0.1, 0.15) is 49.5 Å². The smallest absolute Gasteiger partial charge is 0.338 e. The number of hydrogen-bond donors (Lipinski definition) is 3. The second-order valence-electron chi connectivity index (χ2n) is 9.14. The summed E-state index contributed by atoms with van der Waals surface area (Å²) in [6.07, 6.45) is 1.47. The van der Waals surface area contributed by atoms with Gasteiger partial charge in [0.2, 0.25) is 11.4 Å². The van der Waals surface area contributed by atoms with E-state index in [1.54, 1.807) is 49.4 Å². The van der Waals surface area contributed by atoms with Gasteiger partial charge in [-0.1, -0.05) is 25.4 Å². The second-order valence-corrected chi connectivity index (χ2v) is 9.58. The van der Waals surface area contributed by atoms with Crippen molar-refractivity contribution >= 4 is 40.8 Å². The number of amides is 2. The van der Waals surface area contributed by atoms with E-state index in [1.165, 1.54) is 0 Å². The van der Waals surface area contributed by atoms with Gasteiger partial charge in [-0.25, -0.2) is 4.79 Å². The Labute approximate surface area is 198 Å². The number of ether oxygens (including phenoxy) is 1. The first-order valence-electron chi connectivity index (χ1n) is 11.3. The molecule has 174 valence electrons. The van der Waals surface area contributed by atoms with Crippen molar-refractivity contribution in [2.45, 2.75) is 45.2 Å². The molecule has 1 spiro atoms. The predicted molar refractivity (Wildman–Crippen MR) is 126 cm³/mol. The number of nitrogens with one attached hydrogen (secondary N) is 2. The molecule has 0 saturated carbocycles. The Bertz CT molecular complexity index is 1090. The number of nitrogens with two attached hydrogens (primary N) is 1. The summed E-state index contributed by atoms with van der Waals surface area (Å²) in [5, 5.41) is 8.48. The molecule has 0 aromatic heterocycles. The van der Waals surface area contributed by atoms with E-state index >= 15 is 0 Å². The van der Waals surface area contributed by atoms with Crippen LogP contribution in [0.2, 0.25) is 5.02 Å². The van der Waals surface area contributed by atoms with E-state index in [0.29, 0.717) is 40.9 Å². The van der Waals surface area contributed by atoms with Crippen molar-refractivity contribution in [1.29, 1.82) is 0 Å². The van der Waals surface area contributed by atoms with E-state index in [-0.39, 0.29) is 17.9 Å². The van der Waals surface area contributed by atoms with Crippen molar-refractivity contribution in [2.75, 3.05) is 17.2 Å². The van der Waals surface area contributed by atoms with Crippen LogP contribution in [0.5, 0.6) is 0 Å². The molecule has 1 saturated heterocycles. The molecule has 2 aliphatic heterocycles. The van der Waals surface area contributed by atoms with E-state index in [1.807, 2.05) is 0 Å². The number of esters is 1. The van der Waals surface area contributed by atoms with Gasteiger partial charge in [0.1, 0.15) is 5.92 Å². The van der Waals surface area contributed by atoms with Crippen LogP contribution >= 0.6 is 11.6 Å². The Morgan fingerprint density at radius 2 is 1.97 bits per heavy atom. The average Bonchev–Trinajstić information content (AvgIpc) is 3.27. The van der Waals surface area contributed by atoms with Crippen LogP contribution in [-0.2, 0) is 19.9 Å². The molecule has 8 heteroatoms. The number of fused-ring (bicyclic) bond motifs is 2. The van der Waals surface area contributed by atoms with E-state index in [4.69, 9.17) is 16.3 Å². The van der Waals surface area contributed by atoms with Crippen LogP contribution in [-0.4, -0.2) is 30.4 Å². The highest BCUT2D eigenvalue weighted by Crippen LogP contribution is 2.44. The average molecular weight is 471 g/mol. The van der Waals surface area contributed by atoms with E-state index in [0.717, 1.165) is 12.0 Å². The maximum Gasteiger partial charge on any atom is 0.338 e. The van der Waals surface area contributed by atoms with Crippen molar-refractivity contribution < 1.29 is 24.4 Å². The summed E-state index contributed by atoms with van der Waals surface area (Å²) in [5.74, 6) is -0.977. The van der Waals surface area contributed by atoms with Gasteiger partial charge in [0.05, 0.1) is 23.9 Å². The third-order valence-electron chi connectivity index (χ3n) is 6.39. The topological polar surface area (TPSA) is 101 Å². The summed E-state index contributed by atoms with van der Waals surface area (Å²) in [6.45, 7) is 6.32. The molecule has 2 aliphatic rings. The van der Waals surface area contributed by atoms with Crippen LogP contribution in [0.4, 0.5) is 11.4 Å². The van der Waals surface area contributed by atoms with Crippen molar-refractivity contribution in [3.8, 4) is 0 Å². The van der Waals surface area contributed by atoms with Gasteiger partial charge in [0, 0.05) is 29.1 Å². The number of carbonyl (C=O) groups excluding carboxylic acids is 3. The summed E-state index contributed by atoms with van der Waals surface area (Å²) < 4.78 is 5.01. The Morgan fingerprint density at radius 3 is 2.64 bits per heavy atom. The summed E-state index contributed by atoms with van der Waals surface area (Å²) in [6, 6.07) is 12.0. The van der Waals surface area contributed by atoms with Crippen LogP contribution in [0, 0.1) is 11.8 Å². The fourth-order valence-corrected chi connectivity index (χ4v) is 5.26. The Balaban J connectivity index is 1.63. The molecule has 1 fully saturated rings. The first-order valence-corrected chi connectivity index (χ1v) is 11.7. The molecule has 0 radical (unpaired) electrons. The Hall–Kier alpha value is -2.90. The highest BCUT2D eigenvalue weighted by atomic mass is 35.5. The molecule has 0 aliphatic carbocycles. The SMILES string of the molecule is CCOC(=O)c1ccc(NC(=O)C2CC(CC(C)C)[NH2+][C@@]23C(=O)Nc2ccc(Cl)cc23)cc1. The quantitative estimate of drug-likeness (QED) is 0.564. The van der Waals surface area contributed by atoms with Crippen molar-refractivity contribution in [3.63, 3.8) is 0 Å². The number of quaternary nitrogens is 1. The number of benzene rings is 2. The largest absolute Gasteiger partial charge is 0.462 e. The zero-order chi connectivity index (χ0) is 23.8. The lowest BCUT2D eigenvalue weighted by molar-refractivity contribution is -0.733. The summed E-state index contributed by atoms with van der Waals surface area (Å²) in [5.41, 5.74) is 1.36. The molecular weight excluding hydrogens is 442 g/mol. The standard InChI is InChI=1S/C25H28ClN3O4/c1-4-33-23(31)15-5-8-17(9-6-15)27-22(30)20-13-18(11-14(2)3)29-25(20)19-12-16(26)7-10-21(19)28-24(25)32/h5-10,12,14,18,20,29H,4,11,13H2,1-3H3,(H,27,30)(H,28,32)/p+1/t18?,20?,25-/m1/s1. The van der Waals surface area contributed by atoms with E-state index < -0.39 is 17.4 Å². The molecule has 4 N–H and O–H groups in total. The van der Waals surface area contributed by atoms with Crippen LogP contribution in [0.3, 0.4) is 0 Å². The lowest BCUT2D eigenvalue weighted by Crippen LogP contribution is -2.98. The minimum atomic E-state index is -1.06. The van der Waals surface area contributed by atoms with Crippen molar-refractivity contribution in [1.82, 2.24) is 0 Å². The fraction of sp³-hybridized carbons (Fsp3) is 0.400. The zero-order valence-corrected chi connectivity index (χ0v) is 19.7. The van der Waals surface area contributed by atoms with Gasteiger partial charge in [-0.05, 0) is 55.3 Å². The third-order valence-corrected chi connectivity index (χ3v) is 6.63. The minimum absolute atomic E-state index is 0.127. The monoisotopic (exact) mass is 470 g/mol. The molecule has 2 aromatic carbocycles. The van der Waals surface area contributed by atoms with E-state index in [2.05, 4.69) is 29.8 Å². The number of rotatable bonds is 6. The van der Waals surface area contributed by atoms with E-state index in [9.17, 15) is 14.4 Å². The second kappa shape index (κ2) is 9.15. The molecule has 7 nitrogen and oxygen atoms in total. The van der Waals surface area contributed by atoms with Gasteiger partial charge in [-0.2, -0.15) is 0 Å². The molecule has 2 amide bonds. The highest BCUT2D eigenvalue weighted by molar-refractivity contribution is 6.31. The zero-order valence-electron chi connectivity index (χ0n) is 19.0. The predicted octanol–water partition coefficient (Wildman–Crippen LogP) is 3.30. The number of carbonyl (C=O) groups is 3. The Morgan fingerprint density at radius 1 is 1.24 bits per heavy atom. The fourth-order valence-electron chi connectivity index (χ4n) is 5.09. The van der Waals surface area contributed by atoms with Gasteiger partial charge in [-0.3, -0.25) is 9.59 Å². The molecule has 2 unspecified atom stereocenters. The molecule has 33 heavy (non-hydrogen) atoms. The molecule has 3 atom stereocenters. The van der Waals surface area contributed by atoms with Crippen molar-refractivity contribution in [2.24, 2.45) is 11.8 Å². The molecule has 2 aromatic rings. The van der Waals surface area contributed by atoms with Crippen molar-refractivity contribution in [3.05, 3.63) is 58.6 Å². The lowest BCUT2D eigenvalue weighted by Gasteiger charge is -2.26. The third kappa shape index (κ3) is 4.35. The first-order chi connectivity index (χ1) is 15.7. The summed E-state index contributed by atoms with van der Waals surface area (Å²) in [4.78, 5) is 38.8. The van der Waals surface area contributed by atoms with Crippen LogP contribution in [0.25, 0.3) is 0 Å².